The third-order valence-electron chi connectivity index (χ3n) is 4.54. The third-order valence-corrected chi connectivity index (χ3v) is 4.54. The lowest BCUT2D eigenvalue weighted by Crippen LogP contribution is -2.60. The monoisotopic (exact) mass is 240 g/mol. The lowest BCUT2D eigenvalue weighted by Gasteiger charge is -2.45. The number of nitrogens with zero attached hydrogens (tertiary/aromatic N) is 1. The summed E-state index contributed by atoms with van der Waals surface area (Å²) >= 11 is 0. The fourth-order valence-electron chi connectivity index (χ4n) is 3.02. The van der Waals surface area contributed by atoms with Gasteiger partial charge in [0.1, 0.15) is 0 Å². The van der Waals surface area contributed by atoms with E-state index < -0.39 is 0 Å². The Hall–Kier alpha value is -0.0800. The van der Waals surface area contributed by atoms with Gasteiger partial charge < -0.3 is 5.32 Å². The number of hydrogen-bond donors (Lipinski definition) is 1. The van der Waals surface area contributed by atoms with Crippen molar-refractivity contribution in [2.24, 2.45) is 5.92 Å². The maximum atomic E-state index is 3.73. The topological polar surface area (TPSA) is 15.3 Å². The van der Waals surface area contributed by atoms with Gasteiger partial charge in [-0.1, -0.05) is 40.5 Å². The van der Waals surface area contributed by atoms with Crippen LogP contribution in [0.5, 0.6) is 0 Å². The largest absolute Gasteiger partial charge is 0.311 e. The van der Waals surface area contributed by atoms with Crippen molar-refractivity contribution in [3.05, 3.63) is 0 Å². The van der Waals surface area contributed by atoms with Crippen molar-refractivity contribution in [2.75, 3.05) is 13.1 Å². The molecule has 0 saturated carbocycles. The second kappa shape index (κ2) is 7.38. The molecular weight excluding hydrogens is 208 g/mol. The lowest BCUT2D eigenvalue weighted by molar-refractivity contribution is 0.0684. The zero-order valence-corrected chi connectivity index (χ0v) is 12.5. The number of rotatable bonds is 6. The summed E-state index contributed by atoms with van der Waals surface area (Å²) in [5.74, 6) is 0.795. The molecule has 2 nitrogen and oxygen atoms in total. The van der Waals surface area contributed by atoms with Gasteiger partial charge in [-0.3, -0.25) is 4.90 Å². The Morgan fingerprint density at radius 2 is 1.94 bits per heavy atom. The van der Waals surface area contributed by atoms with E-state index in [0.717, 1.165) is 18.5 Å². The summed E-state index contributed by atoms with van der Waals surface area (Å²) in [6.45, 7) is 14.1. The number of hydrogen-bond acceptors (Lipinski definition) is 2. The van der Waals surface area contributed by atoms with E-state index in [0.29, 0.717) is 12.1 Å². The van der Waals surface area contributed by atoms with E-state index in [4.69, 9.17) is 0 Å². The highest BCUT2D eigenvalue weighted by atomic mass is 15.3. The standard InChI is InChI=1S/C15H32N2/c1-6-9-14(8-3)17-11-15(12(4)7-2)16-10-13(17)5/h12-16H,6-11H2,1-5H3. The summed E-state index contributed by atoms with van der Waals surface area (Å²) in [5.41, 5.74) is 0. The molecule has 17 heavy (non-hydrogen) atoms. The smallest absolute Gasteiger partial charge is 0.0221 e. The molecule has 102 valence electrons. The van der Waals surface area contributed by atoms with Gasteiger partial charge in [0.25, 0.3) is 0 Å². The predicted octanol–water partition coefficient (Wildman–Crippen LogP) is 3.27. The van der Waals surface area contributed by atoms with E-state index >= 15 is 0 Å². The van der Waals surface area contributed by atoms with Crippen molar-refractivity contribution in [3.8, 4) is 0 Å². The second-order valence-corrected chi connectivity index (χ2v) is 5.80. The highest BCUT2D eigenvalue weighted by Crippen LogP contribution is 2.21. The minimum absolute atomic E-state index is 0.696. The van der Waals surface area contributed by atoms with Crippen LogP contribution in [0.15, 0.2) is 0 Å². The van der Waals surface area contributed by atoms with Crippen LogP contribution in [0.2, 0.25) is 0 Å². The van der Waals surface area contributed by atoms with Gasteiger partial charge in [0, 0.05) is 31.2 Å². The molecule has 2 heteroatoms. The maximum Gasteiger partial charge on any atom is 0.0221 e. The quantitative estimate of drug-likeness (QED) is 0.766. The lowest BCUT2D eigenvalue weighted by atomic mass is 9.93. The molecule has 1 rings (SSSR count). The van der Waals surface area contributed by atoms with Crippen molar-refractivity contribution in [3.63, 3.8) is 0 Å². The van der Waals surface area contributed by atoms with Crippen LogP contribution in [0.3, 0.4) is 0 Å². The Kier molecular flexibility index (Phi) is 6.50. The zero-order valence-electron chi connectivity index (χ0n) is 12.5. The van der Waals surface area contributed by atoms with Gasteiger partial charge in [-0.15, -0.1) is 0 Å². The minimum atomic E-state index is 0.696. The van der Waals surface area contributed by atoms with E-state index in [1.807, 2.05) is 0 Å². The normalized spacial score (nSPS) is 30.2. The SMILES string of the molecule is CCCC(CC)N1CC(C(C)CC)NCC1C. The molecule has 1 aliphatic rings. The van der Waals surface area contributed by atoms with Crippen LogP contribution < -0.4 is 5.32 Å². The van der Waals surface area contributed by atoms with E-state index in [-0.39, 0.29) is 0 Å². The fraction of sp³-hybridized carbons (Fsp3) is 1.00. The van der Waals surface area contributed by atoms with E-state index in [1.165, 1.54) is 32.2 Å². The Labute approximate surface area is 108 Å². The maximum absolute atomic E-state index is 3.73. The summed E-state index contributed by atoms with van der Waals surface area (Å²) in [7, 11) is 0. The molecule has 0 aromatic rings. The van der Waals surface area contributed by atoms with Gasteiger partial charge in [0.15, 0.2) is 0 Å². The molecule has 1 N–H and O–H groups in total. The number of nitrogens with one attached hydrogen (secondary N) is 1. The molecule has 0 bridgehead atoms. The molecule has 0 aliphatic carbocycles. The van der Waals surface area contributed by atoms with Crippen LogP contribution in [0.4, 0.5) is 0 Å². The van der Waals surface area contributed by atoms with Crippen molar-refractivity contribution in [2.45, 2.75) is 78.4 Å². The van der Waals surface area contributed by atoms with Crippen LogP contribution in [-0.4, -0.2) is 36.1 Å². The van der Waals surface area contributed by atoms with Gasteiger partial charge in [-0.2, -0.15) is 0 Å². The van der Waals surface area contributed by atoms with Gasteiger partial charge >= 0.3 is 0 Å². The highest BCUT2D eigenvalue weighted by Gasteiger charge is 2.30. The molecule has 1 saturated heterocycles. The Morgan fingerprint density at radius 3 is 2.47 bits per heavy atom. The van der Waals surface area contributed by atoms with Crippen molar-refractivity contribution in [1.82, 2.24) is 10.2 Å². The molecule has 0 radical (unpaired) electrons. The first-order chi connectivity index (χ1) is 8.13. The summed E-state index contributed by atoms with van der Waals surface area (Å²) < 4.78 is 0. The van der Waals surface area contributed by atoms with Crippen molar-refractivity contribution >= 4 is 0 Å². The van der Waals surface area contributed by atoms with E-state index in [9.17, 15) is 0 Å². The van der Waals surface area contributed by atoms with E-state index in [1.54, 1.807) is 0 Å². The van der Waals surface area contributed by atoms with Crippen LogP contribution in [0, 0.1) is 5.92 Å². The summed E-state index contributed by atoms with van der Waals surface area (Å²) in [4.78, 5) is 2.76. The first-order valence-corrected chi connectivity index (χ1v) is 7.63. The van der Waals surface area contributed by atoms with E-state index in [2.05, 4.69) is 44.8 Å². The molecule has 0 spiro atoms. The predicted molar refractivity (Wildman–Crippen MR) is 76.4 cm³/mol. The Morgan fingerprint density at radius 1 is 1.24 bits per heavy atom. The molecule has 0 aromatic carbocycles. The Bertz CT molecular complexity index is 205. The highest BCUT2D eigenvalue weighted by molar-refractivity contribution is 4.89. The van der Waals surface area contributed by atoms with Crippen LogP contribution >= 0.6 is 0 Å². The number of piperazine rings is 1. The van der Waals surface area contributed by atoms with Gasteiger partial charge in [-0.05, 0) is 25.7 Å². The first-order valence-electron chi connectivity index (χ1n) is 7.63. The summed E-state index contributed by atoms with van der Waals surface area (Å²) in [6.07, 6.45) is 5.24. The molecule has 1 aliphatic heterocycles. The van der Waals surface area contributed by atoms with Gasteiger partial charge in [0.2, 0.25) is 0 Å². The molecule has 0 amide bonds. The van der Waals surface area contributed by atoms with Crippen molar-refractivity contribution in [1.29, 1.82) is 0 Å². The molecule has 4 unspecified atom stereocenters. The molecule has 1 heterocycles. The first kappa shape index (κ1) is 15.0. The third kappa shape index (κ3) is 3.96. The van der Waals surface area contributed by atoms with Gasteiger partial charge in [-0.25, -0.2) is 0 Å². The molecule has 1 fully saturated rings. The minimum Gasteiger partial charge on any atom is -0.311 e. The summed E-state index contributed by atoms with van der Waals surface area (Å²) in [6, 6.07) is 2.19. The zero-order chi connectivity index (χ0) is 12.8. The fourth-order valence-corrected chi connectivity index (χ4v) is 3.02. The van der Waals surface area contributed by atoms with Gasteiger partial charge in [0.05, 0.1) is 0 Å². The summed E-state index contributed by atoms with van der Waals surface area (Å²) in [5, 5.41) is 3.73. The average Bonchev–Trinajstić information content (AvgIpc) is 2.36. The van der Waals surface area contributed by atoms with Crippen LogP contribution in [-0.2, 0) is 0 Å². The Balaban J connectivity index is 2.61. The van der Waals surface area contributed by atoms with Crippen LogP contribution in [0.25, 0.3) is 0 Å². The second-order valence-electron chi connectivity index (χ2n) is 5.80. The van der Waals surface area contributed by atoms with Crippen molar-refractivity contribution < 1.29 is 0 Å². The molecular formula is C15H32N2. The van der Waals surface area contributed by atoms with Crippen LogP contribution in [0.1, 0.15) is 60.3 Å². The average molecular weight is 240 g/mol. The molecule has 0 aromatic heterocycles. The molecule has 4 atom stereocenters.